The molecular formula is C15H23N. The molecule has 16 heavy (non-hydrogen) atoms. The molecule has 0 bridgehead atoms. The predicted molar refractivity (Wildman–Crippen MR) is 69.7 cm³/mol. The molecular weight excluding hydrogens is 194 g/mol. The Hall–Kier alpha value is -0.820. The van der Waals surface area contributed by atoms with E-state index in [9.17, 15) is 0 Å². The van der Waals surface area contributed by atoms with E-state index in [1.807, 2.05) is 0 Å². The van der Waals surface area contributed by atoms with Crippen molar-refractivity contribution >= 4 is 0 Å². The summed E-state index contributed by atoms with van der Waals surface area (Å²) in [5.74, 6) is 0.690. The van der Waals surface area contributed by atoms with Crippen LogP contribution >= 0.6 is 0 Å². The van der Waals surface area contributed by atoms with E-state index >= 15 is 0 Å². The van der Waals surface area contributed by atoms with Crippen LogP contribution < -0.4 is 5.32 Å². The summed E-state index contributed by atoms with van der Waals surface area (Å²) in [5.41, 5.74) is 3.35. The quantitative estimate of drug-likeness (QED) is 0.753. The first-order valence-corrected chi connectivity index (χ1v) is 6.36. The molecule has 0 saturated heterocycles. The second-order valence-electron chi connectivity index (χ2n) is 5.94. The standard InChI is InChI=1S/C15H23N/c1-5-11-10-16-14(15(2,3)4)13-9-7-6-8-12(11)13/h6-9,11,14,16H,5,10H2,1-4H3. The van der Waals surface area contributed by atoms with Gasteiger partial charge in [-0.15, -0.1) is 0 Å². The van der Waals surface area contributed by atoms with Crippen LogP contribution in [0.2, 0.25) is 0 Å². The zero-order valence-corrected chi connectivity index (χ0v) is 10.9. The highest BCUT2D eigenvalue weighted by Crippen LogP contribution is 2.40. The number of nitrogens with one attached hydrogen (secondary N) is 1. The molecule has 1 aromatic carbocycles. The number of rotatable bonds is 1. The number of fused-ring (bicyclic) bond motifs is 1. The van der Waals surface area contributed by atoms with Crippen molar-refractivity contribution in [2.75, 3.05) is 6.54 Å². The van der Waals surface area contributed by atoms with Gasteiger partial charge in [0.1, 0.15) is 0 Å². The highest BCUT2D eigenvalue weighted by Gasteiger charge is 2.32. The van der Waals surface area contributed by atoms with Gasteiger partial charge in [-0.05, 0) is 28.9 Å². The first-order valence-electron chi connectivity index (χ1n) is 6.36. The van der Waals surface area contributed by atoms with Crippen molar-refractivity contribution in [1.82, 2.24) is 5.32 Å². The molecule has 0 radical (unpaired) electrons. The van der Waals surface area contributed by atoms with Gasteiger partial charge >= 0.3 is 0 Å². The smallest absolute Gasteiger partial charge is 0.0372 e. The van der Waals surface area contributed by atoms with Gasteiger partial charge in [0.05, 0.1) is 0 Å². The van der Waals surface area contributed by atoms with Gasteiger partial charge in [0.25, 0.3) is 0 Å². The van der Waals surface area contributed by atoms with Crippen molar-refractivity contribution in [2.24, 2.45) is 5.41 Å². The number of hydrogen-bond acceptors (Lipinski definition) is 1. The molecule has 1 N–H and O–H groups in total. The topological polar surface area (TPSA) is 12.0 Å². The van der Waals surface area contributed by atoms with Crippen LogP contribution in [0.4, 0.5) is 0 Å². The fraction of sp³-hybridized carbons (Fsp3) is 0.600. The molecule has 1 aromatic rings. The van der Waals surface area contributed by atoms with Gasteiger partial charge in [-0.2, -0.15) is 0 Å². The summed E-state index contributed by atoms with van der Waals surface area (Å²) in [6, 6.07) is 9.43. The van der Waals surface area contributed by atoms with Crippen LogP contribution in [0.15, 0.2) is 24.3 Å². The highest BCUT2D eigenvalue weighted by molar-refractivity contribution is 5.36. The lowest BCUT2D eigenvalue weighted by molar-refractivity contribution is 0.252. The van der Waals surface area contributed by atoms with E-state index in [-0.39, 0.29) is 5.41 Å². The Kier molecular flexibility index (Phi) is 3.07. The van der Waals surface area contributed by atoms with Gasteiger partial charge < -0.3 is 5.32 Å². The summed E-state index contributed by atoms with van der Waals surface area (Å²) in [6.07, 6.45) is 1.22. The summed E-state index contributed by atoms with van der Waals surface area (Å²) in [7, 11) is 0. The van der Waals surface area contributed by atoms with Crippen molar-refractivity contribution in [1.29, 1.82) is 0 Å². The molecule has 1 aliphatic heterocycles. The molecule has 2 atom stereocenters. The largest absolute Gasteiger partial charge is 0.309 e. The number of benzene rings is 1. The molecule has 1 aliphatic rings. The normalized spacial score (nSPS) is 25.2. The van der Waals surface area contributed by atoms with Crippen LogP contribution in [-0.2, 0) is 0 Å². The molecule has 0 aromatic heterocycles. The highest BCUT2D eigenvalue weighted by atomic mass is 14.9. The lowest BCUT2D eigenvalue weighted by Crippen LogP contribution is -2.39. The minimum atomic E-state index is 0.287. The Labute approximate surface area is 99.3 Å². The Bertz CT molecular complexity index is 362. The van der Waals surface area contributed by atoms with Crippen molar-refractivity contribution in [2.45, 2.75) is 46.1 Å². The van der Waals surface area contributed by atoms with Crippen LogP contribution in [0.25, 0.3) is 0 Å². The van der Waals surface area contributed by atoms with Crippen LogP contribution in [-0.4, -0.2) is 6.54 Å². The number of hydrogen-bond donors (Lipinski definition) is 1. The van der Waals surface area contributed by atoms with E-state index in [4.69, 9.17) is 0 Å². The summed E-state index contributed by atoms with van der Waals surface area (Å²) >= 11 is 0. The third kappa shape index (κ3) is 2.01. The summed E-state index contributed by atoms with van der Waals surface area (Å²) < 4.78 is 0. The van der Waals surface area contributed by atoms with Gasteiger partial charge in [0, 0.05) is 12.6 Å². The van der Waals surface area contributed by atoms with Crippen LogP contribution in [0.1, 0.15) is 57.2 Å². The molecule has 0 aliphatic carbocycles. The maximum Gasteiger partial charge on any atom is 0.0372 e. The molecule has 88 valence electrons. The van der Waals surface area contributed by atoms with Crippen molar-refractivity contribution in [3.05, 3.63) is 35.4 Å². The van der Waals surface area contributed by atoms with E-state index in [1.54, 1.807) is 5.56 Å². The minimum absolute atomic E-state index is 0.287. The minimum Gasteiger partial charge on any atom is -0.309 e. The summed E-state index contributed by atoms with van der Waals surface area (Å²) in [6.45, 7) is 10.3. The van der Waals surface area contributed by atoms with E-state index in [0.717, 1.165) is 6.54 Å². The maximum atomic E-state index is 3.72. The zero-order valence-electron chi connectivity index (χ0n) is 10.9. The molecule has 1 nitrogen and oxygen atoms in total. The molecule has 2 unspecified atom stereocenters. The molecule has 0 fully saturated rings. The maximum absolute atomic E-state index is 3.72. The van der Waals surface area contributed by atoms with Gasteiger partial charge in [0.2, 0.25) is 0 Å². The van der Waals surface area contributed by atoms with Gasteiger partial charge in [-0.1, -0.05) is 52.0 Å². The average molecular weight is 217 g/mol. The van der Waals surface area contributed by atoms with Crippen LogP contribution in [0.5, 0.6) is 0 Å². The zero-order chi connectivity index (χ0) is 11.8. The Balaban J connectivity index is 2.43. The van der Waals surface area contributed by atoms with Gasteiger partial charge in [0.15, 0.2) is 0 Å². The van der Waals surface area contributed by atoms with Crippen molar-refractivity contribution < 1.29 is 0 Å². The molecule has 0 spiro atoms. The molecule has 1 heteroatoms. The monoisotopic (exact) mass is 217 g/mol. The Morgan fingerprint density at radius 3 is 2.38 bits per heavy atom. The predicted octanol–water partition coefficient (Wildman–Crippen LogP) is 3.87. The van der Waals surface area contributed by atoms with Crippen LogP contribution in [0, 0.1) is 5.41 Å². The molecule has 2 rings (SSSR count). The van der Waals surface area contributed by atoms with E-state index in [2.05, 4.69) is 57.3 Å². The second kappa shape index (κ2) is 4.21. The second-order valence-corrected chi connectivity index (χ2v) is 5.94. The summed E-state index contributed by atoms with van der Waals surface area (Å²) in [4.78, 5) is 0. The fourth-order valence-electron chi connectivity index (χ4n) is 2.76. The third-order valence-corrected chi connectivity index (χ3v) is 3.67. The fourth-order valence-corrected chi connectivity index (χ4v) is 2.76. The van der Waals surface area contributed by atoms with E-state index in [0.29, 0.717) is 12.0 Å². The first kappa shape index (κ1) is 11.7. The van der Waals surface area contributed by atoms with E-state index < -0.39 is 0 Å². The first-order chi connectivity index (χ1) is 7.54. The SMILES string of the molecule is CCC1CNC(C(C)(C)C)c2ccccc21. The van der Waals surface area contributed by atoms with Crippen molar-refractivity contribution in [3.63, 3.8) is 0 Å². The Morgan fingerprint density at radius 1 is 1.19 bits per heavy atom. The average Bonchev–Trinajstić information content (AvgIpc) is 2.26. The van der Waals surface area contributed by atoms with Gasteiger partial charge in [-0.25, -0.2) is 0 Å². The van der Waals surface area contributed by atoms with Gasteiger partial charge in [-0.3, -0.25) is 0 Å². The van der Waals surface area contributed by atoms with Crippen molar-refractivity contribution in [3.8, 4) is 0 Å². The lowest BCUT2D eigenvalue weighted by Gasteiger charge is -2.39. The van der Waals surface area contributed by atoms with Crippen LogP contribution in [0.3, 0.4) is 0 Å². The van der Waals surface area contributed by atoms with E-state index in [1.165, 1.54) is 12.0 Å². The summed E-state index contributed by atoms with van der Waals surface area (Å²) in [5, 5.41) is 3.72. The molecule has 0 saturated carbocycles. The third-order valence-electron chi connectivity index (χ3n) is 3.67. The molecule has 0 amide bonds. The molecule has 1 heterocycles. The Morgan fingerprint density at radius 2 is 1.81 bits per heavy atom. The lowest BCUT2D eigenvalue weighted by atomic mass is 9.75.